The van der Waals surface area contributed by atoms with Gasteiger partial charge in [0.25, 0.3) is 10.0 Å². The Balaban J connectivity index is 1.19. The van der Waals surface area contributed by atoms with Crippen molar-refractivity contribution < 1.29 is 17.9 Å². The molecule has 0 radical (unpaired) electrons. The second-order valence-electron chi connectivity index (χ2n) is 11.5. The number of hydrogen-bond acceptors (Lipinski definition) is 8. The molecule has 0 bridgehead atoms. The maximum Gasteiger partial charge on any atom is 0.410 e. The fourth-order valence-corrected chi connectivity index (χ4v) is 7.15. The highest BCUT2D eigenvalue weighted by Gasteiger charge is 2.44. The minimum atomic E-state index is -4.08. The first kappa shape index (κ1) is 27.5. The van der Waals surface area contributed by atoms with Crippen LogP contribution in [0.1, 0.15) is 52.1 Å². The molecule has 6 rings (SSSR count). The van der Waals surface area contributed by atoms with E-state index >= 15 is 0 Å². The molecule has 12 nitrogen and oxygen atoms in total. The molecule has 0 aliphatic carbocycles. The minimum Gasteiger partial charge on any atom is -0.444 e. The van der Waals surface area contributed by atoms with Gasteiger partial charge in [0.05, 0.1) is 35.4 Å². The summed E-state index contributed by atoms with van der Waals surface area (Å²) in [6, 6.07) is 2.83. The van der Waals surface area contributed by atoms with Gasteiger partial charge in [0.2, 0.25) is 0 Å². The predicted octanol–water partition coefficient (Wildman–Crippen LogP) is 4.25. The van der Waals surface area contributed by atoms with Crippen LogP contribution in [0.5, 0.6) is 0 Å². The summed E-state index contributed by atoms with van der Waals surface area (Å²) >= 11 is 6.14. The number of aliphatic imine (C=N–C) groups is 1. The number of aromatic nitrogens is 4. The van der Waals surface area contributed by atoms with Gasteiger partial charge < -0.3 is 9.64 Å². The SMILES string of the molecule is CC1C(c2cnn(C3CCN(C(=O)OC(C)(C)C)CC3)c2)=CN=C2C=NN(S(=O)(=O)c3cnc4ccc(Cl)cn34)C21. The third kappa shape index (κ3) is 5.01. The third-order valence-electron chi connectivity index (χ3n) is 7.53. The number of carbonyl (C=O) groups excluding carboxylic acids is 1. The minimum absolute atomic E-state index is 0.0257. The summed E-state index contributed by atoms with van der Waals surface area (Å²) < 4.78 is 37.6. The Morgan fingerprint density at radius 3 is 2.61 bits per heavy atom. The van der Waals surface area contributed by atoms with Crippen LogP contribution in [-0.2, 0) is 14.8 Å². The highest BCUT2D eigenvalue weighted by Crippen LogP contribution is 2.37. The molecule has 3 aliphatic heterocycles. The predicted molar refractivity (Wildman–Crippen MR) is 154 cm³/mol. The summed E-state index contributed by atoms with van der Waals surface area (Å²) in [6.45, 7) is 8.71. The number of imidazole rings is 1. The number of halogens is 1. The number of hydrogen-bond donors (Lipinski definition) is 0. The first-order chi connectivity index (χ1) is 19.4. The van der Waals surface area contributed by atoms with Gasteiger partial charge in [-0.1, -0.05) is 18.5 Å². The molecule has 3 aliphatic rings. The van der Waals surface area contributed by atoms with Crippen molar-refractivity contribution in [1.29, 1.82) is 0 Å². The molecule has 3 aromatic rings. The van der Waals surface area contributed by atoms with Crippen LogP contribution in [0.25, 0.3) is 11.2 Å². The standard InChI is InChI=1S/C27H31ClN8O4S/c1-17-21(18-11-31-35(15-18)20-7-9-33(10-8-20)26(37)40-27(2,3)4)12-29-22-13-32-36(25(17)22)41(38,39)24-14-30-23-6-5-19(28)16-34(23)24/h5-6,11-17,20,25H,7-10H2,1-4H3. The summed E-state index contributed by atoms with van der Waals surface area (Å²) in [4.78, 5) is 23.0. The number of likely N-dealkylation sites (tertiary alicyclic amines) is 1. The zero-order chi connectivity index (χ0) is 29.1. The largest absolute Gasteiger partial charge is 0.444 e. The van der Waals surface area contributed by atoms with E-state index in [9.17, 15) is 13.2 Å². The van der Waals surface area contributed by atoms with Gasteiger partial charge in [0, 0.05) is 43.2 Å². The van der Waals surface area contributed by atoms with Crippen molar-refractivity contribution in [2.24, 2.45) is 16.0 Å². The van der Waals surface area contributed by atoms with Gasteiger partial charge in [-0.3, -0.25) is 14.1 Å². The van der Waals surface area contributed by atoms with Crippen LogP contribution in [0, 0.1) is 5.92 Å². The zero-order valence-corrected chi connectivity index (χ0v) is 24.7. The molecule has 216 valence electrons. The summed E-state index contributed by atoms with van der Waals surface area (Å²) in [6.07, 6.45) is 11.1. The van der Waals surface area contributed by atoms with Gasteiger partial charge in [-0.25, -0.2) is 9.78 Å². The normalized spacial score (nSPS) is 21.7. The molecule has 0 saturated carbocycles. The first-order valence-corrected chi connectivity index (χ1v) is 15.3. The van der Waals surface area contributed by atoms with Crippen molar-refractivity contribution in [2.45, 2.75) is 63.2 Å². The van der Waals surface area contributed by atoms with E-state index in [0.717, 1.165) is 28.4 Å². The molecule has 0 aromatic carbocycles. The lowest BCUT2D eigenvalue weighted by Crippen LogP contribution is -2.43. The number of pyridine rings is 1. The van der Waals surface area contributed by atoms with Gasteiger partial charge in [-0.2, -0.15) is 23.0 Å². The molecule has 0 spiro atoms. The molecule has 2 atom stereocenters. The van der Waals surface area contributed by atoms with E-state index in [-0.39, 0.29) is 23.1 Å². The Morgan fingerprint density at radius 2 is 1.88 bits per heavy atom. The second kappa shape index (κ2) is 9.98. The number of nitrogens with zero attached hydrogens (tertiary/aromatic N) is 8. The van der Waals surface area contributed by atoms with Crippen LogP contribution < -0.4 is 0 Å². The van der Waals surface area contributed by atoms with Gasteiger partial charge in [0.15, 0.2) is 5.03 Å². The average Bonchev–Trinajstić information content (AvgIpc) is 3.66. The maximum absolute atomic E-state index is 13.8. The maximum atomic E-state index is 13.8. The Kier molecular flexibility index (Phi) is 6.68. The molecule has 1 fully saturated rings. The first-order valence-electron chi connectivity index (χ1n) is 13.4. The molecule has 1 saturated heterocycles. The molecule has 6 heterocycles. The Hall–Kier alpha value is -3.71. The number of ether oxygens (including phenoxy) is 1. The van der Waals surface area contributed by atoms with E-state index in [1.54, 1.807) is 29.4 Å². The van der Waals surface area contributed by atoms with Gasteiger partial charge in [0.1, 0.15) is 17.3 Å². The fraction of sp³-hybridized carbons (Fsp3) is 0.444. The van der Waals surface area contributed by atoms with Crippen molar-refractivity contribution in [3.05, 3.63) is 53.7 Å². The van der Waals surface area contributed by atoms with E-state index in [1.165, 1.54) is 23.0 Å². The molecule has 14 heteroatoms. The highest BCUT2D eigenvalue weighted by atomic mass is 35.5. The lowest BCUT2D eigenvalue weighted by atomic mass is 9.86. The van der Waals surface area contributed by atoms with E-state index in [0.29, 0.717) is 29.5 Å². The number of amides is 1. The zero-order valence-electron chi connectivity index (χ0n) is 23.2. The van der Waals surface area contributed by atoms with Crippen molar-refractivity contribution in [3.63, 3.8) is 0 Å². The quantitative estimate of drug-likeness (QED) is 0.442. The Morgan fingerprint density at radius 1 is 1.12 bits per heavy atom. The molecule has 2 unspecified atom stereocenters. The number of fused-ring (bicyclic) bond motifs is 2. The van der Waals surface area contributed by atoms with Crippen LogP contribution in [0.4, 0.5) is 4.79 Å². The van der Waals surface area contributed by atoms with Crippen molar-refractivity contribution in [2.75, 3.05) is 13.1 Å². The number of sulfonamides is 1. The summed E-state index contributed by atoms with van der Waals surface area (Å²) in [5.41, 5.74) is 2.23. The van der Waals surface area contributed by atoms with E-state index in [4.69, 9.17) is 16.3 Å². The lowest BCUT2D eigenvalue weighted by Gasteiger charge is -2.33. The number of carbonyl (C=O) groups is 1. The molecular formula is C27H31ClN8O4S. The number of piperidine rings is 1. The van der Waals surface area contributed by atoms with Crippen LogP contribution in [0.3, 0.4) is 0 Å². The third-order valence-corrected chi connectivity index (χ3v) is 9.40. The number of hydrazone groups is 1. The summed E-state index contributed by atoms with van der Waals surface area (Å²) in [5, 5.41) is 9.24. The highest BCUT2D eigenvalue weighted by molar-refractivity contribution is 7.89. The second-order valence-corrected chi connectivity index (χ2v) is 13.7. The summed E-state index contributed by atoms with van der Waals surface area (Å²) in [5.74, 6) is -0.255. The fourth-order valence-electron chi connectivity index (χ4n) is 5.46. The van der Waals surface area contributed by atoms with Crippen molar-refractivity contribution >= 4 is 50.9 Å². The smallest absolute Gasteiger partial charge is 0.410 e. The molecular weight excluding hydrogens is 568 g/mol. The Labute approximate surface area is 243 Å². The van der Waals surface area contributed by atoms with Crippen LogP contribution in [0.2, 0.25) is 5.02 Å². The van der Waals surface area contributed by atoms with E-state index in [1.807, 2.05) is 38.6 Å². The molecule has 1 amide bonds. The monoisotopic (exact) mass is 598 g/mol. The van der Waals surface area contributed by atoms with Gasteiger partial charge in [-0.05, 0) is 51.3 Å². The molecule has 3 aromatic heterocycles. The Bertz CT molecular complexity index is 1710. The molecule has 41 heavy (non-hydrogen) atoms. The molecule has 0 N–H and O–H groups in total. The average molecular weight is 599 g/mol. The van der Waals surface area contributed by atoms with Gasteiger partial charge >= 0.3 is 6.09 Å². The van der Waals surface area contributed by atoms with Crippen LogP contribution in [-0.4, -0.2) is 79.6 Å². The lowest BCUT2D eigenvalue weighted by molar-refractivity contribution is 0.0184. The number of rotatable bonds is 4. The van der Waals surface area contributed by atoms with Crippen molar-refractivity contribution in [1.82, 2.24) is 28.5 Å². The van der Waals surface area contributed by atoms with Gasteiger partial charge in [-0.15, -0.1) is 0 Å². The van der Waals surface area contributed by atoms with Crippen LogP contribution in [0.15, 0.2) is 58.2 Å². The van der Waals surface area contributed by atoms with E-state index in [2.05, 4.69) is 20.2 Å². The summed E-state index contributed by atoms with van der Waals surface area (Å²) in [7, 11) is -4.08. The van der Waals surface area contributed by atoms with Crippen molar-refractivity contribution in [3.8, 4) is 0 Å². The van der Waals surface area contributed by atoms with E-state index < -0.39 is 21.7 Å². The van der Waals surface area contributed by atoms with Crippen LogP contribution >= 0.6 is 11.6 Å². The topological polar surface area (TPSA) is 127 Å².